The van der Waals surface area contributed by atoms with Crippen LogP contribution in [0.1, 0.15) is 24.8 Å². The van der Waals surface area contributed by atoms with Crippen LogP contribution in [0.3, 0.4) is 0 Å². The van der Waals surface area contributed by atoms with Crippen molar-refractivity contribution in [2.45, 2.75) is 25.7 Å². The summed E-state index contributed by atoms with van der Waals surface area (Å²) in [5.41, 5.74) is 2.59. The molecule has 0 amide bonds. The molecule has 1 saturated heterocycles. The number of aryl methyl sites for hydroxylation is 1. The van der Waals surface area contributed by atoms with E-state index >= 15 is 0 Å². The standard InChI is InChI=1S/C14H15NO3/c1-9(16)6-14(7-17-8-14)11-3-4-13-12(5-11)15-10(2)18-13/h3-5H,6-8H2,1-2H3. The van der Waals surface area contributed by atoms with Gasteiger partial charge in [-0.1, -0.05) is 6.07 Å². The quantitative estimate of drug-likeness (QED) is 0.833. The maximum absolute atomic E-state index is 11.4. The number of carbonyl (C=O) groups excluding carboxylic acids is 1. The Morgan fingerprint density at radius 3 is 2.83 bits per heavy atom. The minimum atomic E-state index is -0.160. The van der Waals surface area contributed by atoms with E-state index in [2.05, 4.69) is 4.98 Å². The summed E-state index contributed by atoms with van der Waals surface area (Å²) in [6.07, 6.45) is 0.523. The van der Waals surface area contributed by atoms with Crippen LogP contribution in [0.15, 0.2) is 22.6 Å². The Hall–Kier alpha value is -1.68. The summed E-state index contributed by atoms with van der Waals surface area (Å²) in [6, 6.07) is 5.95. The van der Waals surface area contributed by atoms with Gasteiger partial charge in [0.25, 0.3) is 0 Å². The summed E-state index contributed by atoms with van der Waals surface area (Å²) in [5.74, 6) is 0.849. The van der Waals surface area contributed by atoms with Gasteiger partial charge in [-0.25, -0.2) is 4.98 Å². The van der Waals surface area contributed by atoms with Gasteiger partial charge in [-0.3, -0.25) is 4.79 Å². The maximum atomic E-state index is 11.4. The number of rotatable bonds is 3. The van der Waals surface area contributed by atoms with E-state index in [0.717, 1.165) is 16.7 Å². The molecule has 18 heavy (non-hydrogen) atoms. The van der Waals surface area contributed by atoms with E-state index in [4.69, 9.17) is 9.15 Å². The number of carbonyl (C=O) groups is 1. The van der Waals surface area contributed by atoms with Gasteiger partial charge in [-0.05, 0) is 24.6 Å². The predicted octanol–water partition coefficient (Wildman–Crippen LogP) is 2.38. The number of aromatic nitrogens is 1. The summed E-state index contributed by atoms with van der Waals surface area (Å²) < 4.78 is 10.8. The molecule has 2 aromatic rings. The van der Waals surface area contributed by atoms with Gasteiger partial charge < -0.3 is 9.15 Å². The van der Waals surface area contributed by atoms with Crippen LogP contribution in [0.5, 0.6) is 0 Å². The van der Waals surface area contributed by atoms with Crippen molar-refractivity contribution in [1.82, 2.24) is 4.98 Å². The van der Waals surface area contributed by atoms with Gasteiger partial charge in [0.1, 0.15) is 11.3 Å². The van der Waals surface area contributed by atoms with E-state index in [1.54, 1.807) is 6.92 Å². The van der Waals surface area contributed by atoms with Crippen LogP contribution >= 0.6 is 0 Å². The predicted molar refractivity (Wildman–Crippen MR) is 66.5 cm³/mol. The SMILES string of the molecule is CC(=O)CC1(c2ccc3oc(C)nc3c2)COC1. The number of ether oxygens (including phenoxy) is 1. The Kier molecular flexibility index (Phi) is 2.48. The van der Waals surface area contributed by atoms with Crippen molar-refractivity contribution in [2.75, 3.05) is 13.2 Å². The number of oxazole rings is 1. The molecule has 1 aliphatic heterocycles. The van der Waals surface area contributed by atoms with Crippen LogP contribution in [-0.2, 0) is 14.9 Å². The third-order valence-electron chi connectivity index (χ3n) is 3.45. The Morgan fingerprint density at radius 2 is 2.22 bits per heavy atom. The number of ketones is 1. The molecule has 1 fully saturated rings. The number of fused-ring (bicyclic) bond motifs is 1. The molecule has 1 aromatic carbocycles. The highest BCUT2D eigenvalue weighted by molar-refractivity contribution is 5.79. The molecule has 0 saturated carbocycles. The summed E-state index contributed by atoms with van der Waals surface area (Å²) in [7, 11) is 0. The van der Waals surface area contributed by atoms with Gasteiger partial charge in [0.05, 0.1) is 13.2 Å². The molecule has 0 N–H and O–H groups in total. The average molecular weight is 245 g/mol. The molecule has 94 valence electrons. The van der Waals surface area contributed by atoms with Crippen molar-refractivity contribution in [3.63, 3.8) is 0 Å². The normalized spacial score (nSPS) is 17.7. The fourth-order valence-electron chi connectivity index (χ4n) is 2.57. The minimum absolute atomic E-state index is 0.160. The summed E-state index contributed by atoms with van der Waals surface area (Å²) >= 11 is 0. The lowest BCUT2D eigenvalue weighted by Crippen LogP contribution is -2.47. The van der Waals surface area contributed by atoms with Crippen molar-refractivity contribution in [2.24, 2.45) is 0 Å². The van der Waals surface area contributed by atoms with Crippen LogP contribution in [0.2, 0.25) is 0 Å². The Labute approximate surface area is 105 Å². The highest BCUT2D eigenvalue weighted by Gasteiger charge is 2.41. The Bertz CT molecular complexity index is 611. The first-order valence-corrected chi connectivity index (χ1v) is 6.04. The first-order chi connectivity index (χ1) is 8.59. The first kappa shape index (κ1) is 11.4. The van der Waals surface area contributed by atoms with E-state index < -0.39 is 0 Å². The number of Topliss-reactive ketones (excluding diaryl/α,β-unsaturated/α-hetero) is 1. The van der Waals surface area contributed by atoms with Crippen LogP contribution < -0.4 is 0 Å². The lowest BCUT2D eigenvalue weighted by Gasteiger charge is -2.41. The van der Waals surface area contributed by atoms with Crippen molar-refractivity contribution in [3.05, 3.63) is 29.7 Å². The Balaban J connectivity index is 2.04. The maximum Gasteiger partial charge on any atom is 0.192 e. The molecular weight excluding hydrogens is 230 g/mol. The molecule has 3 rings (SSSR count). The lowest BCUT2D eigenvalue weighted by atomic mass is 9.75. The van der Waals surface area contributed by atoms with E-state index in [1.165, 1.54) is 0 Å². The highest BCUT2D eigenvalue weighted by Crippen LogP contribution is 2.37. The topological polar surface area (TPSA) is 52.3 Å². The monoisotopic (exact) mass is 245 g/mol. The molecule has 0 unspecified atom stereocenters. The van der Waals surface area contributed by atoms with E-state index in [0.29, 0.717) is 25.5 Å². The summed E-state index contributed by atoms with van der Waals surface area (Å²) in [5, 5.41) is 0. The number of benzene rings is 1. The molecule has 0 radical (unpaired) electrons. The minimum Gasteiger partial charge on any atom is -0.441 e. The molecule has 2 heterocycles. The van der Waals surface area contributed by atoms with Gasteiger partial charge >= 0.3 is 0 Å². The van der Waals surface area contributed by atoms with Gasteiger partial charge in [0.15, 0.2) is 11.5 Å². The largest absolute Gasteiger partial charge is 0.441 e. The third-order valence-corrected chi connectivity index (χ3v) is 3.45. The second-order valence-corrected chi connectivity index (χ2v) is 5.07. The molecule has 1 aromatic heterocycles. The Morgan fingerprint density at radius 1 is 1.44 bits per heavy atom. The van der Waals surface area contributed by atoms with Crippen molar-refractivity contribution >= 4 is 16.9 Å². The third kappa shape index (κ3) is 1.73. The van der Waals surface area contributed by atoms with Gasteiger partial charge in [-0.15, -0.1) is 0 Å². The molecule has 0 atom stereocenters. The van der Waals surface area contributed by atoms with Gasteiger partial charge in [0.2, 0.25) is 0 Å². The van der Waals surface area contributed by atoms with Crippen LogP contribution in [0, 0.1) is 6.92 Å². The number of hydrogen-bond donors (Lipinski definition) is 0. The van der Waals surface area contributed by atoms with Crippen molar-refractivity contribution in [3.8, 4) is 0 Å². The van der Waals surface area contributed by atoms with Crippen LogP contribution in [0.4, 0.5) is 0 Å². The average Bonchev–Trinajstić information content (AvgIpc) is 2.62. The van der Waals surface area contributed by atoms with E-state index in [-0.39, 0.29) is 11.2 Å². The molecular formula is C14H15NO3. The van der Waals surface area contributed by atoms with Crippen molar-refractivity contribution < 1.29 is 13.9 Å². The van der Waals surface area contributed by atoms with Crippen LogP contribution in [0.25, 0.3) is 11.1 Å². The molecule has 1 aliphatic rings. The molecule has 4 nitrogen and oxygen atoms in total. The fraction of sp³-hybridized carbons (Fsp3) is 0.429. The van der Waals surface area contributed by atoms with Gasteiger partial charge in [-0.2, -0.15) is 0 Å². The number of hydrogen-bond acceptors (Lipinski definition) is 4. The molecule has 0 bridgehead atoms. The highest BCUT2D eigenvalue weighted by atomic mass is 16.5. The van der Waals surface area contributed by atoms with E-state index in [9.17, 15) is 4.79 Å². The summed E-state index contributed by atoms with van der Waals surface area (Å²) in [4.78, 5) is 15.7. The molecule has 0 aliphatic carbocycles. The zero-order valence-corrected chi connectivity index (χ0v) is 10.5. The van der Waals surface area contributed by atoms with Crippen molar-refractivity contribution in [1.29, 1.82) is 0 Å². The number of nitrogens with zero attached hydrogens (tertiary/aromatic N) is 1. The smallest absolute Gasteiger partial charge is 0.192 e. The second-order valence-electron chi connectivity index (χ2n) is 5.07. The van der Waals surface area contributed by atoms with Crippen LogP contribution in [-0.4, -0.2) is 24.0 Å². The zero-order valence-electron chi connectivity index (χ0n) is 10.5. The fourth-order valence-corrected chi connectivity index (χ4v) is 2.57. The van der Waals surface area contributed by atoms with E-state index in [1.807, 2.05) is 25.1 Å². The van der Waals surface area contributed by atoms with Gasteiger partial charge in [0, 0.05) is 18.8 Å². The first-order valence-electron chi connectivity index (χ1n) is 6.04. The summed E-state index contributed by atoms with van der Waals surface area (Å²) in [6.45, 7) is 4.67. The lowest BCUT2D eigenvalue weighted by molar-refractivity contribution is -0.125. The zero-order chi connectivity index (χ0) is 12.8. The molecule has 0 spiro atoms. The second kappa shape index (κ2) is 3.92. The molecule has 4 heteroatoms.